The molecular formula is C25H21ClN6O3S. The largest absolute Gasteiger partial charge is 0.465 e. The number of aliphatic imine (C=N–C) groups is 1. The Balaban J connectivity index is 1.49. The molecule has 5 rings (SSSR count). The zero-order valence-corrected chi connectivity index (χ0v) is 21.0. The van der Waals surface area contributed by atoms with Crippen molar-refractivity contribution in [2.45, 2.75) is 20.0 Å². The summed E-state index contributed by atoms with van der Waals surface area (Å²) in [6.45, 7) is 2.31. The van der Waals surface area contributed by atoms with Crippen molar-refractivity contribution in [2.24, 2.45) is 4.99 Å². The van der Waals surface area contributed by atoms with E-state index in [1.807, 2.05) is 54.0 Å². The number of thiophene rings is 1. The third-order valence-corrected chi connectivity index (χ3v) is 6.97. The molecule has 2 aromatic carbocycles. The number of esters is 1. The summed E-state index contributed by atoms with van der Waals surface area (Å²) >= 11 is 7.73. The average molecular weight is 521 g/mol. The number of rotatable bonds is 5. The Morgan fingerprint density at radius 3 is 2.72 bits per heavy atom. The third-order valence-electron chi connectivity index (χ3n) is 5.54. The van der Waals surface area contributed by atoms with E-state index in [0.29, 0.717) is 43.5 Å². The van der Waals surface area contributed by atoms with Gasteiger partial charge in [0.1, 0.15) is 16.4 Å². The Kier molecular flexibility index (Phi) is 6.53. The highest BCUT2D eigenvalue weighted by atomic mass is 35.5. The number of methoxy groups -OCH3 is 1. The van der Waals surface area contributed by atoms with Gasteiger partial charge in [0.05, 0.1) is 19.4 Å². The van der Waals surface area contributed by atoms with Gasteiger partial charge in [0.25, 0.3) is 0 Å². The minimum atomic E-state index is -0.460. The lowest BCUT2D eigenvalue weighted by atomic mass is 10.0. The van der Waals surface area contributed by atoms with Crippen molar-refractivity contribution in [3.05, 3.63) is 92.8 Å². The van der Waals surface area contributed by atoms with E-state index in [-0.39, 0.29) is 19.1 Å². The van der Waals surface area contributed by atoms with E-state index in [1.54, 1.807) is 12.1 Å². The van der Waals surface area contributed by atoms with E-state index >= 15 is 0 Å². The maximum atomic E-state index is 12.5. The molecule has 0 spiro atoms. The van der Waals surface area contributed by atoms with Crippen LogP contribution in [0.25, 0.3) is 5.00 Å². The number of carbonyl (C=O) groups is 2. The summed E-state index contributed by atoms with van der Waals surface area (Å²) in [5.41, 5.74) is 3.82. The van der Waals surface area contributed by atoms with Gasteiger partial charge in [0, 0.05) is 21.8 Å². The number of halogens is 1. The van der Waals surface area contributed by atoms with Crippen LogP contribution in [-0.2, 0) is 17.8 Å². The summed E-state index contributed by atoms with van der Waals surface area (Å²) in [5.74, 6) is 0.616. The molecule has 0 aliphatic carbocycles. The van der Waals surface area contributed by atoms with E-state index in [4.69, 9.17) is 21.3 Å². The molecule has 0 atom stereocenters. The number of anilines is 1. The molecule has 9 nitrogen and oxygen atoms in total. The van der Waals surface area contributed by atoms with Crippen LogP contribution in [0.15, 0.2) is 59.6 Å². The van der Waals surface area contributed by atoms with Gasteiger partial charge in [-0.1, -0.05) is 41.9 Å². The van der Waals surface area contributed by atoms with Crippen LogP contribution >= 0.6 is 22.9 Å². The predicted octanol–water partition coefficient (Wildman–Crippen LogP) is 4.75. The summed E-state index contributed by atoms with van der Waals surface area (Å²) in [4.78, 5) is 30.1. The van der Waals surface area contributed by atoms with Gasteiger partial charge in [-0.05, 0) is 36.8 Å². The molecule has 0 unspecified atom stereocenters. The minimum absolute atomic E-state index is 0.108. The van der Waals surface area contributed by atoms with Crippen LogP contribution in [0.5, 0.6) is 0 Å². The van der Waals surface area contributed by atoms with Gasteiger partial charge >= 0.3 is 12.0 Å². The van der Waals surface area contributed by atoms with Gasteiger partial charge in [0.15, 0.2) is 11.6 Å². The van der Waals surface area contributed by atoms with E-state index in [0.717, 1.165) is 11.1 Å². The predicted molar refractivity (Wildman–Crippen MR) is 138 cm³/mol. The second-order valence-electron chi connectivity index (χ2n) is 8.01. The smallest absolute Gasteiger partial charge is 0.348 e. The lowest BCUT2D eigenvalue weighted by Crippen LogP contribution is -2.29. The number of fused-ring (bicyclic) bond motifs is 3. The van der Waals surface area contributed by atoms with Crippen LogP contribution < -0.4 is 10.6 Å². The number of nitrogens with one attached hydrogen (secondary N) is 2. The topological polar surface area (TPSA) is 111 Å². The Morgan fingerprint density at radius 1 is 1.11 bits per heavy atom. The third kappa shape index (κ3) is 4.60. The number of carbonyl (C=O) groups excluding carboxylic acids is 2. The number of hydrogen-bond donors (Lipinski definition) is 2. The molecule has 1 aliphatic rings. The Labute approximate surface area is 215 Å². The van der Waals surface area contributed by atoms with E-state index in [1.165, 1.54) is 18.4 Å². The van der Waals surface area contributed by atoms with E-state index in [9.17, 15) is 9.59 Å². The summed E-state index contributed by atoms with van der Waals surface area (Å²) in [6, 6.07) is 16.3. The maximum absolute atomic E-state index is 12.5. The number of ether oxygens (including phenoxy) is 1. The summed E-state index contributed by atoms with van der Waals surface area (Å²) in [6.07, 6.45) is 0. The minimum Gasteiger partial charge on any atom is -0.465 e. The first-order valence-electron chi connectivity index (χ1n) is 11.0. The average Bonchev–Trinajstić information content (AvgIpc) is 3.44. The molecule has 2 amide bonds. The number of aryl methyl sites for hydroxylation is 1. The fraction of sp³-hybridized carbons (Fsp3) is 0.160. The van der Waals surface area contributed by atoms with Crippen molar-refractivity contribution < 1.29 is 14.3 Å². The molecule has 3 heterocycles. The Hall–Kier alpha value is -4.02. The first kappa shape index (κ1) is 23.7. The summed E-state index contributed by atoms with van der Waals surface area (Å²) in [5, 5.41) is 15.5. The molecule has 2 aromatic heterocycles. The van der Waals surface area contributed by atoms with Crippen LogP contribution in [0.4, 0.5) is 10.5 Å². The first-order chi connectivity index (χ1) is 17.4. The van der Waals surface area contributed by atoms with Gasteiger partial charge in [0.2, 0.25) is 0 Å². The number of aromatic nitrogens is 3. The molecule has 36 heavy (non-hydrogen) atoms. The van der Waals surface area contributed by atoms with Crippen molar-refractivity contribution in [1.29, 1.82) is 0 Å². The number of benzene rings is 2. The van der Waals surface area contributed by atoms with E-state index < -0.39 is 5.97 Å². The van der Waals surface area contributed by atoms with E-state index in [2.05, 4.69) is 20.8 Å². The molecule has 0 saturated heterocycles. The number of amides is 2. The highest BCUT2D eigenvalue weighted by molar-refractivity contribution is 7.16. The zero-order valence-electron chi connectivity index (χ0n) is 19.4. The number of urea groups is 1. The maximum Gasteiger partial charge on any atom is 0.348 e. The van der Waals surface area contributed by atoms with Crippen molar-refractivity contribution in [3.8, 4) is 5.00 Å². The molecule has 0 bridgehead atoms. The molecule has 1 aliphatic heterocycles. The summed E-state index contributed by atoms with van der Waals surface area (Å²) in [7, 11) is 1.34. The Bertz CT molecular complexity index is 1510. The van der Waals surface area contributed by atoms with Gasteiger partial charge in [-0.15, -0.1) is 21.5 Å². The molecule has 2 N–H and O–H groups in total. The van der Waals surface area contributed by atoms with Gasteiger partial charge in [-0.2, -0.15) is 0 Å². The van der Waals surface area contributed by atoms with Crippen LogP contribution in [0.3, 0.4) is 0 Å². The van der Waals surface area contributed by atoms with Crippen molar-refractivity contribution in [3.63, 3.8) is 0 Å². The monoisotopic (exact) mass is 520 g/mol. The van der Waals surface area contributed by atoms with Crippen LogP contribution in [0.1, 0.15) is 38.0 Å². The van der Waals surface area contributed by atoms with Gasteiger partial charge in [-0.3, -0.25) is 9.56 Å². The second-order valence-corrected chi connectivity index (χ2v) is 9.45. The quantitative estimate of drug-likeness (QED) is 0.369. The Morgan fingerprint density at radius 2 is 1.94 bits per heavy atom. The standard InChI is InChI=1S/C25H21ClN6O3S/c1-14-6-5-7-15(10-14)29-25(34)28-13-21-31-30-20-12-27-22(16-8-3-4-9-18(16)26)17-11-19(24(33)35-2)36-23(17)32(20)21/h3-11H,12-13H2,1-2H3,(H2,28,29,34). The number of hydrogen-bond acceptors (Lipinski definition) is 7. The SMILES string of the molecule is COC(=O)c1cc2c(s1)-n1c(nnc1CNC(=O)Nc1cccc(C)c1)CN=C2c1ccccc1Cl. The first-order valence-corrected chi connectivity index (χ1v) is 12.2. The van der Waals surface area contributed by atoms with Gasteiger partial charge in [-0.25, -0.2) is 9.59 Å². The van der Waals surface area contributed by atoms with Crippen LogP contribution in [0, 0.1) is 6.92 Å². The fourth-order valence-electron chi connectivity index (χ4n) is 3.90. The molecule has 0 fully saturated rings. The molecular weight excluding hydrogens is 500 g/mol. The van der Waals surface area contributed by atoms with Crippen molar-refractivity contribution >= 4 is 46.3 Å². The van der Waals surface area contributed by atoms with Crippen molar-refractivity contribution in [1.82, 2.24) is 20.1 Å². The van der Waals surface area contributed by atoms with Crippen LogP contribution in [-0.4, -0.2) is 39.6 Å². The molecule has 11 heteroatoms. The molecule has 4 aromatic rings. The highest BCUT2D eigenvalue weighted by Crippen LogP contribution is 2.34. The lowest BCUT2D eigenvalue weighted by molar-refractivity contribution is 0.0606. The van der Waals surface area contributed by atoms with Crippen molar-refractivity contribution in [2.75, 3.05) is 12.4 Å². The summed E-state index contributed by atoms with van der Waals surface area (Å²) < 4.78 is 6.78. The number of nitrogens with zero attached hydrogens (tertiary/aromatic N) is 4. The molecule has 0 radical (unpaired) electrons. The molecule has 0 saturated carbocycles. The van der Waals surface area contributed by atoms with Gasteiger partial charge < -0.3 is 15.4 Å². The molecule has 182 valence electrons. The lowest BCUT2D eigenvalue weighted by Gasteiger charge is -2.11. The fourth-order valence-corrected chi connectivity index (χ4v) is 5.24. The highest BCUT2D eigenvalue weighted by Gasteiger charge is 2.28. The van der Waals surface area contributed by atoms with Crippen LogP contribution in [0.2, 0.25) is 5.02 Å². The normalized spacial score (nSPS) is 12.1. The zero-order chi connectivity index (χ0) is 25.2. The second kappa shape index (κ2) is 9.92.